The van der Waals surface area contributed by atoms with Gasteiger partial charge in [-0.05, 0) is 36.6 Å². The average molecular weight is 412 g/mol. The lowest BCUT2D eigenvalue weighted by Crippen LogP contribution is -2.44. The zero-order chi connectivity index (χ0) is 17.6. The standard InChI is InChI=1S/C20H25N3O2.2ClH/c1-25-19-8-7-16(21)13-18(19)20(24)22-17-9-11-23(12-10-17)14-15-5-3-2-4-6-15;;/h2-8,13,17H,9-12,14,21H2,1H3,(H,22,24);2*1H. The lowest BCUT2D eigenvalue weighted by atomic mass is 10.0. The van der Waals surface area contributed by atoms with E-state index in [1.807, 2.05) is 6.07 Å². The summed E-state index contributed by atoms with van der Waals surface area (Å²) in [6.07, 6.45) is 1.90. The first kappa shape index (κ1) is 23.1. The molecule has 0 saturated carbocycles. The van der Waals surface area contributed by atoms with Crippen LogP contribution in [0.2, 0.25) is 0 Å². The number of carbonyl (C=O) groups is 1. The summed E-state index contributed by atoms with van der Waals surface area (Å²) in [7, 11) is 1.56. The SMILES string of the molecule is COc1ccc(N)cc1C(=O)NC1CCN(Cc2ccccc2)CC1.Cl.Cl. The second-order valence-corrected chi connectivity index (χ2v) is 6.47. The summed E-state index contributed by atoms with van der Waals surface area (Å²) in [4.78, 5) is 15.0. The number of nitrogens with two attached hydrogens (primary N) is 1. The maximum atomic E-state index is 12.6. The van der Waals surface area contributed by atoms with E-state index in [0.717, 1.165) is 32.5 Å². The van der Waals surface area contributed by atoms with Crippen molar-refractivity contribution in [1.82, 2.24) is 10.2 Å². The number of nitrogens with one attached hydrogen (secondary N) is 1. The fourth-order valence-electron chi connectivity index (χ4n) is 3.24. The number of methoxy groups -OCH3 is 1. The van der Waals surface area contributed by atoms with E-state index in [1.165, 1.54) is 5.56 Å². The minimum Gasteiger partial charge on any atom is -0.496 e. The van der Waals surface area contributed by atoms with E-state index in [0.29, 0.717) is 17.0 Å². The summed E-state index contributed by atoms with van der Waals surface area (Å²) in [6.45, 7) is 2.92. The summed E-state index contributed by atoms with van der Waals surface area (Å²) >= 11 is 0. The van der Waals surface area contributed by atoms with Gasteiger partial charge in [-0.3, -0.25) is 9.69 Å². The van der Waals surface area contributed by atoms with Gasteiger partial charge in [0.05, 0.1) is 12.7 Å². The van der Waals surface area contributed by atoms with Crippen molar-refractivity contribution in [2.75, 3.05) is 25.9 Å². The molecule has 0 aromatic heterocycles. The quantitative estimate of drug-likeness (QED) is 0.738. The molecule has 0 unspecified atom stereocenters. The summed E-state index contributed by atoms with van der Waals surface area (Å²) in [6, 6.07) is 15.8. The van der Waals surface area contributed by atoms with Gasteiger partial charge in [0.2, 0.25) is 0 Å². The van der Waals surface area contributed by atoms with Crippen LogP contribution in [0.25, 0.3) is 0 Å². The van der Waals surface area contributed by atoms with Gasteiger partial charge in [-0.15, -0.1) is 24.8 Å². The van der Waals surface area contributed by atoms with Gasteiger partial charge in [0.15, 0.2) is 0 Å². The Hall–Kier alpha value is -1.95. The summed E-state index contributed by atoms with van der Waals surface area (Å²) in [5, 5.41) is 3.12. The van der Waals surface area contributed by atoms with Crippen molar-refractivity contribution in [1.29, 1.82) is 0 Å². The number of hydrogen-bond acceptors (Lipinski definition) is 4. The minimum atomic E-state index is -0.120. The second-order valence-electron chi connectivity index (χ2n) is 6.47. The molecule has 2 aromatic carbocycles. The van der Waals surface area contributed by atoms with Crippen LogP contribution in [-0.2, 0) is 6.54 Å². The molecule has 0 radical (unpaired) electrons. The molecule has 27 heavy (non-hydrogen) atoms. The van der Waals surface area contributed by atoms with Crippen LogP contribution in [-0.4, -0.2) is 37.0 Å². The zero-order valence-corrected chi connectivity index (χ0v) is 17.0. The molecule has 1 heterocycles. The molecule has 5 nitrogen and oxygen atoms in total. The Bertz CT molecular complexity index is 720. The Morgan fingerprint density at radius 2 is 1.81 bits per heavy atom. The van der Waals surface area contributed by atoms with E-state index in [2.05, 4.69) is 34.5 Å². The van der Waals surface area contributed by atoms with Crippen molar-refractivity contribution in [3.05, 3.63) is 59.7 Å². The van der Waals surface area contributed by atoms with Crippen LogP contribution in [0.15, 0.2) is 48.5 Å². The van der Waals surface area contributed by atoms with E-state index in [-0.39, 0.29) is 36.8 Å². The topological polar surface area (TPSA) is 67.6 Å². The van der Waals surface area contributed by atoms with Crippen molar-refractivity contribution in [3.63, 3.8) is 0 Å². The molecule has 1 amide bonds. The molecule has 1 fully saturated rings. The largest absolute Gasteiger partial charge is 0.496 e. The minimum absolute atomic E-state index is 0. The fraction of sp³-hybridized carbons (Fsp3) is 0.350. The number of likely N-dealkylation sites (tertiary alicyclic amines) is 1. The Balaban J connectivity index is 0.00000182. The zero-order valence-electron chi connectivity index (χ0n) is 15.4. The Morgan fingerprint density at radius 1 is 1.15 bits per heavy atom. The van der Waals surface area contributed by atoms with Gasteiger partial charge in [0, 0.05) is 31.4 Å². The van der Waals surface area contributed by atoms with Gasteiger partial charge in [0.1, 0.15) is 5.75 Å². The molecule has 3 rings (SSSR count). The first-order valence-corrected chi connectivity index (χ1v) is 8.66. The van der Waals surface area contributed by atoms with Crippen LogP contribution in [0.5, 0.6) is 5.75 Å². The third-order valence-electron chi connectivity index (χ3n) is 4.64. The molecule has 148 valence electrons. The van der Waals surface area contributed by atoms with E-state index in [9.17, 15) is 4.79 Å². The highest BCUT2D eigenvalue weighted by Gasteiger charge is 2.22. The van der Waals surface area contributed by atoms with Crippen LogP contribution >= 0.6 is 24.8 Å². The molecule has 1 saturated heterocycles. The molecule has 0 atom stereocenters. The maximum Gasteiger partial charge on any atom is 0.255 e. The highest BCUT2D eigenvalue weighted by atomic mass is 35.5. The summed E-state index contributed by atoms with van der Waals surface area (Å²) in [5.41, 5.74) is 8.18. The summed E-state index contributed by atoms with van der Waals surface area (Å²) < 4.78 is 5.27. The number of hydrogen-bond donors (Lipinski definition) is 2. The van der Waals surface area contributed by atoms with Crippen LogP contribution in [0, 0.1) is 0 Å². The van der Waals surface area contributed by atoms with Crippen LogP contribution in [0.4, 0.5) is 5.69 Å². The first-order chi connectivity index (χ1) is 12.2. The van der Waals surface area contributed by atoms with Gasteiger partial charge >= 0.3 is 0 Å². The molecular formula is C20H27Cl2N3O2. The Kier molecular flexibility index (Phi) is 9.43. The summed E-state index contributed by atoms with van der Waals surface area (Å²) in [5.74, 6) is 0.430. The molecule has 0 bridgehead atoms. The lowest BCUT2D eigenvalue weighted by molar-refractivity contribution is 0.0906. The first-order valence-electron chi connectivity index (χ1n) is 8.66. The van der Waals surface area contributed by atoms with E-state index in [1.54, 1.807) is 25.3 Å². The number of ether oxygens (including phenoxy) is 1. The number of benzene rings is 2. The number of nitrogen functional groups attached to an aromatic ring is 1. The number of amides is 1. The van der Waals surface area contributed by atoms with Crippen LogP contribution in [0.1, 0.15) is 28.8 Å². The van der Waals surface area contributed by atoms with E-state index < -0.39 is 0 Å². The number of carbonyl (C=O) groups excluding carboxylic acids is 1. The van der Waals surface area contributed by atoms with Crippen LogP contribution in [0.3, 0.4) is 0 Å². The predicted octanol–water partition coefficient (Wildman–Crippen LogP) is 3.52. The third kappa shape index (κ3) is 6.31. The van der Waals surface area contributed by atoms with Crippen molar-refractivity contribution in [2.45, 2.75) is 25.4 Å². The number of nitrogens with zero attached hydrogens (tertiary/aromatic N) is 1. The third-order valence-corrected chi connectivity index (χ3v) is 4.64. The molecule has 0 spiro atoms. The monoisotopic (exact) mass is 411 g/mol. The van der Waals surface area contributed by atoms with Gasteiger partial charge in [-0.1, -0.05) is 30.3 Å². The van der Waals surface area contributed by atoms with Gasteiger partial charge in [-0.25, -0.2) is 0 Å². The Morgan fingerprint density at radius 3 is 2.44 bits per heavy atom. The number of rotatable bonds is 5. The normalized spacial score (nSPS) is 14.6. The van der Waals surface area contributed by atoms with Crippen molar-refractivity contribution in [2.24, 2.45) is 0 Å². The molecule has 2 aromatic rings. The highest BCUT2D eigenvalue weighted by Crippen LogP contribution is 2.22. The molecule has 1 aliphatic rings. The predicted molar refractivity (Wildman–Crippen MR) is 114 cm³/mol. The van der Waals surface area contributed by atoms with Crippen molar-refractivity contribution >= 4 is 36.4 Å². The molecular weight excluding hydrogens is 385 g/mol. The second kappa shape index (κ2) is 11.0. The number of anilines is 1. The maximum absolute atomic E-state index is 12.6. The molecule has 7 heteroatoms. The molecule has 3 N–H and O–H groups in total. The van der Waals surface area contributed by atoms with Crippen molar-refractivity contribution < 1.29 is 9.53 Å². The van der Waals surface area contributed by atoms with Crippen LogP contribution < -0.4 is 15.8 Å². The van der Waals surface area contributed by atoms with Gasteiger partial charge in [0.25, 0.3) is 5.91 Å². The van der Waals surface area contributed by atoms with Crippen molar-refractivity contribution in [3.8, 4) is 5.75 Å². The number of piperidine rings is 1. The Labute approximate surface area is 173 Å². The highest BCUT2D eigenvalue weighted by molar-refractivity contribution is 5.98. The average Bonchev–Trinajstić information content (AvgIpc) is 2.64. The van der Waals surface area contributed by atoms with Gasteiger partial charge < -0.3 is 15.8 Å². The van der Waals surface area contributed by atoms with Gasteiger partial charge in [-0.2, -0.15) is 0 Å². The molecule has 1 aliphatic heterocycles. The smallest absolute Gasteiger partial charge is 0.255 e. The fourth-order valence-corrected chi connectivity index (χ4v) is 3.24. The molecule has 0 aliphatic carbocycles. The number of halogens is 2. The van der Waals surface area contributed by atoms with E-state index in [4.69, 9.17) is 10.5 Å². The lowest BCUT2D eigenvalue weighted by Gasteiger charge is -2.32. The van der Waals surface area contributed by atoms with E-state index >= 15 is 0 Å².